The van der Waals surface area contributed by atoms with Crippen LogP contribution in [0.4, 0.5) is 14.6 Å². The van der Waals surface area contributed by atoms with E-state index in [1.54, 1.807) is 6.20 Å². The van der Waals surface area contributed by atoms with E-state index in [2.05, 4.69) is 25.3 Å². The molecule has 1 N–H and O–H groups in total. The number of aromatic nitrogens is 4. The molecule has 0 saturated carbocycles. The van der Waals surface area contributed by atoms with E-state index in [0.29, 0.717) is 5.65 Å². The van der Waals surface area contributed by atoms with Gasteiger partial charge < -0.3 is 10.2 Å². The Hall–Kier alpha value is -3.10. The minimum Gasteiger partial charge on any atom is -0.356 e. The zero-order chi connectivity index (χ0) is 20.2. The summed E-state index contributed by atoms with van der Waals surface area (Å²) in [6, 6.07) is 3.27. The molecule has 0 atom stereocenters. The fourth-order valence-corrected chi connectivity index (χ4v) is 3.58. The van der Waals surface area contributed by atoms with Crippen molar-refractivity contribution in [3.63, 3.8) is 0 Å². The van der Waals surface area contributed by atoms with E-state index in [-0.39, 0.29) is 24.6 Å². The van der Waals surface area contributed by atoms with E-state index < -0.39 is 11.6 Å². The van der Waals surface area contributed by atoms with Gasteiger partial charge in [-0.3, -0.25) is 4.79 Å². The van der Waals surface area contributed by atoms with Crippen LogP contribution in [0.15, 0.2) is 30.7 Å². The average molecular weight is 400 g/mol. The highest BCUT2D eigenvalue weighted by atomic mass is 19.1. The molecule has 4 rings (SSSR count). The summed E-state index contributed by atoms with van der Waals surface area (Å²) in [6.45, 7) is 1.81. The number of hydrogen-bond donors (Lipinski definition) is 1. The van der Waals surface area contributed by atoms with Crippen molar-refractivity contribution < 1.29 is 13.6 Å². The third-order valence-corrected chi connectivity index (χ3v) is 5.10. The summed E-state index contributed by atoms with van der Waals surface area (Å²) < 4.78 is 28.2. The van der Waals surface area contributed by atoms with Crippen molar-refractivity contribution in [1.29, 1.82) is 0 Å². The molecule has 1 aliphatic rings. The van der Waals surface area contributed by atoms with E-state index in [9.17, 15) is 13.6 Å². The zero-order valence-electron chi connectivity index (χ0n) is 15.9. The molecule has 152 valence electrons. The van der Waals surface area contributed by atoms with E-state index >= 15 is 0 Å². The van der Waals surface area contributed by atoms with Crippen molar-refractivity contribution in [3.8, 4) is 0 Å². The fourth-order valence-electron chi connectivity index (χ4n) is 3.58. The Bertz CT molecular complexity index is 1010. The molecular formula is C20H22F2N6O. The maximum Gasteiger partial charge on any atom is 0.242 e. The van der Waals surface area contributed by atoms with Crippen molar-refractivity contribution >= 4 is 22.8 Å². The number of carbonyl (C=O) groups is 1. The largest absolute Gasteiger partial charge is 0.356 e. The first-order chi connectivity index (χ1) is 14.1. The zero-order valence-corrected chi connectivity index (χ0v) is 15.9. The minimum atomic E-state index is -0.690. The molecular weight excluding hydrogens is 378 g/mol. The van der Waals surface area contributed by atoms with Gasteiger partial charge in [0.1, 0.15) is 30.3 Å². The van der Waals surface area contributed by atoms with Crippen molar-refractivity contribution in [2.24, 2.45) is 0 Å². The monoisotopic (exact) mass is 400 g/mol. The Labute approximate surface area is 166 Å². The van der Waals surface area contributed by atoms with Crippen LogP contribution in [-0.2, 0) is 17.9 Å². The minimum absolute atomic E-state index is 0.0296. The third kappa shape index (κ3) is 4.33. The highest BCUT2D eigenvalue weighted by molar-refractivity contribution is 5.87. The van der Waals surface area contributed by atoms with Gasteiger partial charge in [-0.15, -0.1) is 0 Å². The Kier molecular flexibility index (Phi) is 5.64. The lowest BCUT2D eigenvalue weighted by Gasteiger charge is -2.21. The van der Waals surface area contributed by atoms with Crippen LogP contribution in [-0.4, -0.2) is 38.7 Å². The van der Waals surface area contributed by atoms with E-state index in [1.807, 2.05) is 0 Å². The molecule has 0 bridgehead atoms. The summed E-state index contributed by atoms with van der Waals surface area (Å²) in [5, 5.41) is 7.75. The highest BCUT2D eigenvalue weighted by Gasteiger charge is 2.18. The molecule has 1 aromatic carbocycles. The molecule has 9 heteroatoms. The molecule has 2 aromatic heterocycles. The van der Waals surface area contributed by atoms with Crippen LogP contribution in [0, 0.1) is 11.6 Å². The van der Waals surface area contributed by atoms with Crippen LogP contribution in [0.5, 0.6) is 0 Å². The molecule has 7 nitrogen and oxygen atoms in total. The molecule has 1 aliphatic heterocycles. The van der Waals surface area contributed by atoms with Gasteiger partial charge in [-0.2, -0.15) is 5.10 Å². The second kappa shape index (κ2) is 8.50. The maximum atomic E-state index is 13.7. The first kappa shape index (κ1) is 19.2. The average Bonchev–Trinajstić information content (AvgIpc) is 2.93. The first-order valence-corrected chi connectivity index (χ1v) is 9.74. The molecule has 0 spiro atoms. The van der Waals surface area contributed by atoms with Crippen LogP contribution in [0.25, 0.3) is 11.0 Å². The fraction of sp³-hybridized carbons (Fsp3) is 0.400. The van der Waals surface area contributed by atoms with Gasteiger partial charge in [-0.25, -0.2) is 23.4 Å². The van der Waals surface area contributed by atoms with Crippen molar-refractivity contribution in [2.45, 2.75) is 38.8 Å². The molecule has 3 aromatic rings. The second-order valence-corrected chi connectivity index (χ2v) is 7.15. The Morgan fingerprint density at radius 2 is 1.90 bits per heavy atom. The van der Waals surface area contributed by atoms with Gasteiger partial charge in [0.2, 0.25) is 5.91 Å². The van der Waals surface area contributed by atoms with Crippen LogP contribution < -0.4 is 10.2 Å². The number of halogens is 2. The Morgan fingerprint density at radius 1 is 1.10 bits per heavy atom. The van der Waals surface area contributed by atoms with Crippen LogP contribution in [0.2, 0.25) is 0 Å². The Balaban J connectivity index is 1.46. The molecule has 1 amide bonds. The van der Waals surface area contributed by atoms with Gasteiger partial charge in [0.05, 0.1) is 11.6 Å². The number of amides is 1. The summed E-state index contributed by atoms with van der Waals surface area (Å²) in [6.07, 6.45) is 7.87. The molecule has 0 radical (unpaired) electrons. The lowest BCUT2D eigenvalue weighted by Crippen LogP contribution is -2.28. The predicted molar refractivity (Wildman–Crippen MR) is 104 cm³/mol. The van der Waals surface area contributed by atoms with Crippen molar-refractivity contribution in [3.05, 3.63) is 47.9 Å². The lowest BCUT2D eigenvalue weighted by molar-refractivity contribution is -0.121. The van der Waals surface area contributed by atoms with Crippen molar-refractivity contribution in [2.75, 3.05) is 18.0 Å². The van der Waals surface area contributed by atoms with E-state index in [4.69, 9.17) is 0 Å². The van der Waals surface area contributed by atoms with Gasteiger partial charge in [-0.1, -0.05) is 18.9 Å². The molecule has 3 heterocycles. The van der Waals surface area contributed by atoms with Gasteiger partial charge in [0.15, 0.2) is 5.65 Å². The number of anilines is 1. The number of carbonyl (C=O) groups excluding carboxylic acids is 1. The van der Waals surface area contributed by atoms with Gasteiger partial charge in [-0.05, 0) is 18.9 Å². The standard InChI is InChI=1S/C20H22F2N6O/c21-15-6-5-14(17(22)9-15)10-23-18(29)12-28-20-16(11-26-28)19(24-13-25-20)27-7-3-1-2-4-8-27/h5-6,9,11,13H,1-4,7-8,10,12H2,(H,23,29). The van der Waals surface area contributed by atoms with E-state index in [0.717, 1.165) is 49.3 Å². The Morgan fingerprint density at radius 3 is 2.66 bits per heavy atom. The third-order valence-electron chi connectivity index (χ3n) is 5.10. The summed E-state index contributed by atoms with van der Waals surface area (Å²) in [4.78, 5) is 23.3. The molecule has 1 fully saturated rings. The lowest BCUT2D eigenvalue weighted by atomic mass is 10.2. The predicted octanol–water partition coefficient (Wildman–Crippen LogP) is 2.80. The first-order valence-electron chi connectivity index (χ1n) is 9.74. The summed E-state index contributed by atoms with van der Waals surface area (Å²) in [5.74, 6) is -0.837. The molecule has 1 saturated heterocycles. The summed E-state index contributed by atoms with van der Waals surface area (Å²) in [5.41, 5.74) is 0.804. The number of hydrogen-bond acceptors (Lipinski definition) is 5. The maximum absolute atomic E-state index is 13.7. The quantitative estimate of drug-likeness (QED) is 0.713. The summed E-state index contributed by atoms with van der Waals surface area (Å²) >= 11 is 0. The SMILES string of the molecule is O=C(Cn1ncc2c(N3CCCCCC3)ncnc21)NCc1ccc(F)cc1F. The van der Waals surface area contributed by atoms with Gasteiger partial charge >= 0.3 is 0 Å². The number of nitrogens with zero attached hydrogens (tertiary/aromatic N) is 5. The molecule has 0 unspecified atom stereocenters. The van der Waals surface area contributed by atoms with Crippen LogP contribution in [0.3, 0.4) is 0 Å². The molecule has 0 aliphatic carbocycles. The topological polar surface area (TPSA) is 75.9 Å². The highest BCUT2D eigenvalue weighted by Crippen LogP contribution is 2.25. The summed E-state index contributed by atoms with van der Waals surface area (Å²) in [7, 11) is 0. The normalized spacial score (nSPS) is 14.8. The number of rotatable bonds is 5. The second-order valence-electron chi connectivity index (χ2n) is 7.15. The van der Waals surface area contributed by atoms with Gasteiger partial charge in [0, 0.05) is 31.3 Å². The number of nitrogens with one attached hydrogen (secondary N) is 1. The molecule has 29 heavy (non-hydrogen) atoms. The number of benzene rings is 1. The van der Waals surface area contributed by atoms with Crippen LogP contribution >= 0.6 is 0 Å². The van der Waals surface area contributed by atoms with E-state index in [1.165, 1.54) is 29.9 Å². The van der Waals surface area contributed by atoms with Crippen molar-refractivity contribution in [1.82, 2.24) is 25.1 Å². The van der Waals surface area contributed by atoms with Gasteiger partial charge in [0.25, 0.3) is 0 Å². The van der Waals surface area contributed by atoms with Crippen LogP contribution in [0.1, 0.15) is 31.2 Å². The number of fused-ring (bicyclic) bond motifs is 1. The smallest absolute Gasteiger partial charge is 0.242 e.